The second kappa shape index (κ2) is 7.81. The first-order chi connectivity index (χ1) is 8.26. The van der Waals surface area contributed by atoms with Crippen molar-refractivity contribution in [2.75, 3.05) is 32.2 Å². The van der Waals surface area contributed by atoms with E-state index in [-0.39, 0.29) is 6.04 Å². The third-order valence-corrected chi connectivity index (χ3v) is 2.10. The van der Waals surface area contributed by atoms with Gasteiger partial charge in [0.25, 0.3) is 0 Å². The molecular weight excluding hydrogens is 220 g/mol. The molecule has 0 spiro atoms. The molecule has 0 fully saturated rings. The molecule has 0 aliphatic carbocycles. The van der Waals surface area contributed by atoms with Crippen LogP contribution in [0.5, 0.6) is 5.88 Å². The quantitative estimate of drug-likeness (QED) is 0.694. The summed E-state index contributed by atoms with van der Waals surface area (Å²) in [5, 5.41) is 3.09. The van der Waals surface area contributed by atoms with Crippen LogP contribution in [0.2, 0.25) is 0 Å². The maximum absolute atomic E-state index is 5.80. The second-order valence-corrected chi connectivity index (χ2v) is 3.58. The summed E-state index contributed by atoms with van der Waals surface area (Å²) in [7, 11) is 1.64. The number of hydrogen-bond acceptors (Lipinski definition) is 6. The minimum absolute atomic E-state index is 0.0302. The van der Waals surface area contributed by atoms with Crippen molar-refractivity contribution in [3.63, 3.8) is 0 Å². The molecule has 6 nitrogen and oxygen atoms in total. The molecule has 17 heavy (non-hydrogen) atoms. The molecule has 1 atom stereocenters. The molecule has 6 heteroatoms. The van der Waals surface area contributed by atoms with Gasteiger partial charge in [0, 0.05) is 32.0 Å². The first kappa shape index (κ1) is 13.7. The zero-order chi connectivity index (χ0) is 12.5. The molecule has 0 bridgehead atoms. The van der Waals surface area contributed by atoms with Gasteiger partial charge in [-0.05, 0) is 13.3 Å². The van der Waals surface area contributed by atoms with Crippen LogP contribution in [0.3, 0.4) is 0 Å². The predicted molar refractivity (Wildman–Crippen MR) is 66.2 cm³/mol. The van der Waals surface area contributed by atoms with Crippen LogP contribution in [0.1, 0.15) is 13.3 Å². The third-order valence-electron chi connectivity index (χ3n) is 2.10. The summed E-state index contributed by atoms with van der Waals surface area (Å²) in [6.45, 7) is 3.77. The second-order valence-electron chi connectivity index (χ2n) is 3.58. The maximum atomic E-state index is 5.80. The molecule has 0 amide bonds. The number of anilines is 1. The van der Waals surface area contributed by atoms with Crippen molar-refractivity contribution in [1.29, 1.82) is 0 Å². The Bertz CT molecular complexity index is 322. The molecule has 1 unspecified atom stereocenters. The number of rotatable bonds is 8. The lowest BCUT2D eigenvalue weighted by Crippen LogP contribution is -2.28. The topological polar surface area (TPSA) is 82.3 Å². The van der Waals surface area contributed by atoms with Crippen LogP contribution >= 0.6 is 0 Å². The van der Waals surface area contributed by atoms with E-state index >= 15 is 0 Å². The highest BCUT2D eigenvalue weighted by Crippen LogP contribution is 2.07. The molecular formula is C11H20N4O2. The van der Waals surface area contributed by atoms with Gasteiger partial charge >= 0.3 is 0 Å². The van der Waals surface area contributed by atoms with E-state index in [9.17, 15) is 0 Å². The largest absolute Gasteiger partial charge is 0.478 e. The van der Waals surface area contributed by atoms with Gasteiger partial charge in [-0.2, -0.15) is 4.98 Å². The van der Waals surface area contributed by atoms with Crippen molar-refractivity contribution in [2.45, 2.75) is 19.4 Å². The Kier molecular flexibility index (Phi) is 6.27. The Balaban J connectivity index is 2.33. The average Bonchev–Trinajstić information content (AvgIpc) is 2.30. The highest BCUT2D eigenvalue weighted by atomic mass is 16.5. The monoisotopic (exact) mass is 240 g/mol. The van der Waals surface area contributed by atoms with E-state index in [0.717, 1.165) is 6.42 Å². The first-order valence-electron chi connectivity index (χ1n) is 5.70. The van der Waals surface area contributed by atoms with Crippen molar-refractivity contribution >= 4 is 5.95 Å². The highest BCUT2D eigenvalue weighted by Gasteiger charge is 2.03. The van der Waals surface area contributed by atoms with Crippen molar-refractivity contribution in [2.24, 2.45) is 5.73 Å². The van der Waals surface area contributed by atoms with Crippen LogP contribution in [0, 0.1) is 0 Å². The molecule has 0 aromatic carbocycles. The molecule has 1 rings (SSSR count). The van der Waals surface area contributed by atoms with Gasteiger partial charge in [-0.1, -0.05) is 0 Å². The summed E-state index contributed by atoms with van der Waals surface area (Å²) < 4.78 is 10.2. The number of nitrogens with two attached hydrogens (primary N) is 1. The number of ether oxygens (including phenoxy) is 2. The average molecular weight is 240 g/mol. The lowest BCUT2D eigenvalue weighted by atomic mass is 10.2. The van der Waals surface area contributed by atoms with E-state index < -0.39 is 0 Å². The van der Waals surface area contributed by atoms with Gasteiger partial charge in [-0.3, -0.25) is 0 Å². The van der Waals surface area contributed by atoms with Gasteiger partial charge in [0.05, 0.1) is 13.2 Å². The van der Waals surface area contributed by atoms with Crippen LogP contribution in [-0.2, 0) is 4.74 Å². The summed E-state index contributed by atoms with van der Waals surface area (Å²) in [6, 6.07) is 1.76. The molecule has 1 aromatic heterocycles. The molecule has 0 aliphatic heterocycles. The van der Waals surface area contributed by atoms with Crippen LogP contribution < -0.4 is 15.8 Å². The normalized spacial score (nSPS) is 12.2. The van der Waals surface area contributed by atoms with Crippen molar-refractivity contribution in [3.05, 3.63) is 12.3 Å². The summed E-state index contributed by atoms with van der Waals surface area (Å²) in [5.74, 6) is 1.13. The fourth-order valence-electron chi connectivity index (χ4n) is 1.32. The van der Waals surface area contributed by atoms with Crippen LogP contribution in [0.4, 0.5) is 5.95 Å². The van der Waals surface area contributed by atoms with Crippen LogP contribution in [0.25, 0.3) is 0 Å². The van der Waals surface area contributed by atoms with Crippen molar-refractivity contribution in [1.82, 2.24) is 9.97 Å². The van der Waals surface area contributed by atoms with Gasteiger partial charge in [0.2, 0.25) is 11.8 Å². The highest BCUT2D eigenvalue weighted by molar-refractivity contribution is 5.27. The summed E-state index contributed by atoms with van der Waals surface area (Å²) >= 11 is 0. The molecule has 0 saturated heterocycles. The summed E-state index contributed by atoms with van der Waals surface area (Å²) in [6.07, 6.45) is 2.46. The Morgan fingerprint density at radius 1 is 1.53 bits per heavy atom. The minimum Gasteiger partial charge on any atom is -0.478 e. The smallest absolute Gasteiger partial charge is 0.225 e. The Labute approximate surface area is 102 Å². The van der Waals surface area contributed by atoms with E-state index in [2.05, 4.69) is 15.3 Å². The lowest BCUT2D eigenvalue weighted by Gasteiger charge is -2.11. The van der Waals surface area contributed by atoms with E-state index in [1.807, 2.05) is 6.92 Å². The van der Waals surface area contributed by atoms with Crippen LogP contribution in [-0.4, -0.2) is 42.9 Å². The number of methoxy groups -OCH3 is 1. The van der Waals surface area contributed by atoms with Crippen molar-refractivity contribution in [3.8, 4) is 5.88 Å². The minimum atomic E-state index is 0.0302. The predicted octanol–water partition coefficient (Wildman–Crippen LogP) is 0.651. The number of nitrogens with zero attached hydrogens (tertiary/aromatic N) is 2. The molecule has 0 saturated carbocycles. The van der Waals surface area contributed by atoms with E-state index in [1.54, 1.807) is 19.4 Å². The standard InChI is InChI=1S/C11H20N4O2/c1-3-17-10-5-7-14-11(15-10)13-6-4-9(12)8-16-2/h5,7,9H,3-4,6,8,12H2,1-2H3,(H,13,14,15). The number of aromatic nitrogens is 2. The first-order valence-corrected chi connectivity index (χ1v) is 5.70. The molecule has 0 aliphatic rings. The summed E-state index contributed by atoms with van der Waals surface area (Å²) in [4.78, 5) is 8.28. The Hall–Kier alpha value is -1.40. The third kappa shape index (κ3) is 5.46. The van der Waals surface area contributed by atoms with E-state index in [4.69, 9.17) is 15.2 Å². The fraction of sp³-hybridized carbons (Fsp3) is 0.636. The summed E-state index contributed by atoms with van der Waals surface area (Å²) in [5.41, 5.74) is 5.80. The SMILES string of the molecule is CCOc1ccnc(NCCC(N)COC)n1. The van der Waals surface area contributed by atoms with E-state index in [1.165, 1.54) is 0 Å². The van der Waals surface area contributed by atoms with Crippen molar-refractivity contribution < 1.29 is 9.47 Å². The maximum Gasteiger partial charge on any atom is 0.225 e. The van der Waals surface area contributed by atoms with Gasteiger partial charge in [-0.15, -0.1) is 0 Å². The Morgan fingerprint density at radius 3 is 3.06 bits per heavy atom. The zero-order valence-electron chi connectivity index (χ0n) is 10.3. The van der Waals surface area contributed by atoms with Crippen LogP contribution in [0.15, 0.2) is 12.3 Å². The van der Waals surface area contributed by atoms with Gasteiger partial charge in [0.15, 0.2) is 0 Å². The molecule has 1 heterocycles. The lowest BCUT2D eigenvalue weighted by molar-refractivity contribution is 0.178. The van der Waals surface area contributed by atoms with E-state index in [0.29, 0.717) is 31.6 Å². The fourth-order valence-corrected chi connectivity index (χ4v) is 1.32. The zero-order valence-corrected chi connectivity index (χ0v) is 10.3. The number of hydrogen-bond donors (Lipinski definition) is 2. The van der Waals surface area contributed by atoms with Gasteiger partial charge < -0.3 is 20.5 Å². The van der Waals surface area contributed by atoms with Gasteiger partial charge in [-0.25, -0.2) is 4.98 Å². The molecule has 3 N–H and O–H groups in total. The Morgan fingerprint density at radius 2 is 2.35 bits per heavy atom. The molecule has 96 valence electrons. The van der Waals surface area contributed by atoms with Gasteiger partial charge in [0.1, 0.15) is 0 Å². The molecule has 0 radical (unpaired) electrons. The molecule has 1 aromatic rings. The number of nitrogens with one attached hydrogen (secondary N) is 1.